The van der Waals surface area contributed by atoms with Crippen LogP contribution in [0.15, 0.2) is 37.4 Å². The van der Waals surface area contributed by atoms with Crippen molar-refractivity contribution in [2.45, 2.75) is 52.6 Å². The lowest BCUT2D eigenvalue weighted by molar-refractivity contribution is 0.136. The second-order valence-corrected chi connectivity index (χ2v) is 7.54. The molecule has 8 nitrogen and oxygen atoms in total. The van der Waals surface area contributed by atoms with E-state index in [0.29, 0.717) is 37.8 Å². The summed E-state index contributed by atoms with van der Waals surface area (Å²) in [5, 5.41) is 11.5. The Balaban J connectivity index is 2.76. The van der Waals surface area contributed by atoms with Gasteiger partial charge in [-0.2, -0.15) is 0 Å². The van der Waals surface area contributed by atoms with E-state index >= 15 is 0 Å². The van der Waals surface area contributed by atoms with Gasteiger partial charge in [0.25, 0.3) is 0 Å². The fourth-order valence-electron chi connectivity index (χ4n) is 2.92. The molecular formula is C24H38N4O4. The number of rotatable bonds is 14. The van der Waals surface area contributed by atoms with Crippen molar-refractivity contribution in [1.29, 1.82) is 0 Å². The summed E-state index contributed by atoms with van der Waals surface area (Å²) in [6.07, 6.45) is 4.81. The van der Waals surface area contributed by atoms with Crippen molar-refractivity contribution in [3.63, 3.8) is 0 Å². The van der Waals surface area contributed by atoms with Gasteiger partial charge < -0.3 is 30.7 Å². The Morgan fingerprint density at radius 2 is 1.25 bits per heavy atom. The molecule has 1 aromatic rings. The molecule has 32 heavy (non-hydrogen) atoms. The average Bonchev–Trinajstić information content (AvgIpc) is 2.75. The van der Waals surface area contributed by atoms with Crippen LogP contribution >= 0.6 is 0 Å². The molecule has 2 atom stereocenters. The van der Waals surface area contributed by atoms with Crippen LogP contribution in [-0.4, -0.2) is 50.6 Å². The lowest BCUT2D eigenvalue weighted by Crippen LogP contribution is -2.41. The summed E-state index contributed by atoms with van der Waals surface area (Å²) in [7, 11) is 0. The third-order valence-corrected chi connectivity index (χ3v) is 4.83. The SMILES string of the molecule is C=CCOC[C@@H](CC)NC(=O)Nc1cc(NC(=O)N[C@H](CC)COCC=C)c(C)cc1C. The maximum Gasteiger partial charge on any atom is 0.319 e. The average molecular weight is 447 g/mol. The molecule has 0 unspecified atom stereocenters. The Morgan fingerprint density at radius 1 is 0.844 bits per heavy atom. The first-order chi connectivity index (χ1) is 15.3. The molecule has 1 aromatic carbocycles. The Bertz CT molecular complexity index is 707. The number of carbonyl (C=O) groups is 2. The molecule has 8 heteroatoms. The summed E-state index contributed by atoms with van der Waals surface area (Å²) in [5.74, 6) is 0. The van der Waals surface area contributed by atoms with Gasteiger partial charge in [-0.3, -0.25) is 0 Å². The van der Waals surface area contributed by atoms with Gasteiger partial charge in [0.2, 0.25) is 0 Å². The van der Waals surface area contributed by atoms with E-state index in [9.17, 15) is 9.59 Å². The highest BCUT2D eigenvalue weighted by Gasteiger charge is 2.15. The maximum absolute atomic E-state index is 12.5. The molecule has 0 aliphatic rings. The second kappa shape index (κ2) is 15.0. The zero-order valence-electron chi connectivity index (χ0n) is 19.8. The molecule has 0 bridgehead atoms. The number of hydrogen-bond acceptors (Lipinski definition) is 4. The largest absolute Gasteiger partial charge is 0.375 e. The summed E-state index contributed by atoms with van der Waals surface area (Å²) < 4.78 is 10.9. The summed E-state index contributed by atoms with van der Waals surface area (Å²) in [5.41, 5.74) is 3.02. The van der Waals surface area contributed by atoms with Gasteiger partial charge in [-0.05, 0) is 43.9 Å². The maximum atomic E-state index is 12.5. The normalized spacial score (nSPS) is 12.4. The van der Waals surface area contributed by atoms with Gasteiger partial charge in [-0.25, -0.2) is 9.59 Å². The van der Waals surface area contributed by atoms with E-state index in [2.05, 4.69) is 34.4 Å². The molecule has 0 spiro atoms. The molecule has 4 amide bonds. The number of ether oxygens (including phenoxy) is 2. The second-order valence-electron chi connectivity index (χ2n) is 7.54. The van der Waals surface area contributed by atoms with Crippen molar-refractivity contribution >= 4 is 23.4 Å². The predicted octanol–water partition coefficient (Wildman–Crippen LogP) is 4.51. The van der Waals surface area contributed by atoms with Gasteiger partial charge in [0.1, 0.15) is 0 Å². The zero-order valence-corrected chi connectivity index (χ0v) is 19.8. The molecule has 1 rings (SSSR count). The number of aryl methyl sites for hydroxylation is 2. The topological polar surface area (TPSA) is 101 Å². The Morgan fingerprint density at radius 3 is 1.59 bits per heavy atom. The lowest BCUT2D eigenvalue weighted by atomic mass is 10.1. The highest BCUT2D eigenvalue weighted by atomic mass is 16.5. The number of anilines is 2. The van der Waals surface area contributed by atoms with Crippen LogP contribution in [0.1, 0.15) is 37.8 Å². The monoisotopic (exact) mass is 446 g/mol. The van der Waals surface area contributed by atoms with Crippen LogP contribution in [0.5, 0.6) is 0 Å². The standard InChI is InChI=1S/C24H38N4O4/c1-7-11-31-15-19(9-3)25-23(29)27-21-14-22(18(6)13-17(21)5)28-24(30)26-20(10-4)16-32-12-8-2/h7-8,13-14,19-20H,1-2,9-12,15-16H2,3-6H3,(H2,25,27,29)(H2,26,28,30)/t19-,20-/m1/s1. The van der Waals surface area contributed by atoms with E-state index in [1.165, 1.54) is 0 Å². The lowest BCUT2D eigenvalue weighted by Gasteiger charge is -2.20. The molecule has 0 aromatic heterocycles. The molecule has 0 aliphatic carbocycles. The number of nitrogens with one attached hydrogen (secondary N) is 4. The fraction of sp³-hybridized carbons (Fsp3) is 0.500. The molecule has 0 aliphatic heterocycles. The number of urea groups is 2. The smallest absolute Gasteiger partial charge is 0.319 e. The zero-order chi connectivity index (χ0) is 23.9. The molecule has 0 heterocycles. The quantitative estimate of drug-likeness (QED) is 0.249. The summed E-state index contributed by atoms with van der Waals surface area (Å²) in [6.45, 7) is 16.7. The first-order valence-electron chi connectivity index (χ1n) is 11.0. The molecular weight excluding hydrogens is 408 g/mol. The van der Waals surface area contributed by atoms with Gasteiger partial charge >= 0.3 is 12.1 Å². The van der Waals surface area contributed by atoms with E-state index < -0.39 is 0 Å². The molecule has 0 fully saturated rings. The first kappa shape index (κ1) is 27.2. The van der Waals surface area contributed by atoms with E-state index in [1.54, 1.807) is 18.2 Å². The number of carbonyl (C=O) groups excluding carboxylic acids is 2. The molecule has 178 valence electrons. The molecule has 0 radical (unpaired) electrons. The van der Waals surface area contributed by atoms with Gasteiger partial charge in [0.05, 0.1) is 38.5 Å². The van der Waals surface area contributed by atoms with E-state index in [4.69, 9.17) is 9.47 Å². The third kappa shape index (κ3) is 9.98. The minimum atomic E-state index is -0.327. The number of amides is 4. The summed E-state index contributed by atoms with van der Waals surface area (Å²) in [4.78, 5) is 25.0. The van der Waals surface area contributed by atoms with Crippen LogP contribution in [0.2, 0.25) is 0 Å². The van der Waals surface area contributed by atoms with Crippen LogP contribution < -0.4 is 21.3 Å². The first-order valence-corrected chi connectivity index (χ1v) is 11.0. The van der Waals surface area contributed by atoms with Gasteiger partial charge in [-0.1, -0.05) is 32.1 Å². The number of hydrogen-bond donors (Lipinski definition) is 4. The van der Waals surface area contributed by atoms with Crippen molar-refractivity contribution < 1.29 is 19.1 Å². The van der Waals surface area contributed by atoms with Crippen molar-refractivity contribution in [2.24, 2.45) is 0 Å². The van der Waals surface area contributed by atoms with Crippen molar-refractivity contribution in [3.05, 3.63) is 48.6 Å². The number of benzene rings is 1. The summed E-state index contributed by atoms with van der Waals surface area (Å²) in [6, 6.07) is 2.80. The van der Waals surface area contributed by atoms with Gasteiger partial charge in [0, 0.05) is 11.4 Å². The molecule has 0 saturated heterocycles. The highest BCUT2D eigenvalue weighted by Crippen LogP contribution is 2.24. The van der Waals surface area contributed by atoms with Crippen molar-refractivity contribution in [3.8, 4) is 0 Å². The third-order valence-electron chi connectivity index (χ3n) is 4.83. The van der Waals surface area contributed by atoms with Crippen LogP contribution in [0.4, 0.5) is 21.0 Å². The van der Waals surface area contributed by atoms with Crippen LogP contribution in [0.3, 0.4) is 0 Å². The highest BCUT2D eigenvalue weighted by molar-refractivity contribution is 5.94. The van der Waals surface area contributed by atoms with Gasteiger partial charge in [0.15, 0.2) is 0 Å². The van der Waals surface area contributed by atoms with Crippen molar-refractivity contribution in [1.82, 2.24) is 10.6 Å². The minimum Gasteiger partial charge on any atom is -0.375 e. The van der Waals surface area contributed by atoms with E-state index in [-0.39, 0.29) is 24.1 Å². The van der Waals surface area contributed by atoms with Crippen molar-refractivity contribution in [2.75, 3.05) is 37.1 Å². The van der Waals surface area contributed by atoms with E-state index in [0.717, 1.165) is 24.0 Å². The Kier molecular flexibility index (Phi) is 12.8. The molecule has 4 N–H and O–H groups in total. The minimum absolute atomic E-state index is 0.113. The predicted molar refractivity (Wildman–Crippen MR) is 130 cm³/mol. The van der Waals surface area contributed by atoms with Gasteiger partial charge in [-0.15, -0.1) is 13.2 Å². The Labute approximate surface area is 191 Å². The fourth-order valence-corrected chi connectivity index (χ4v) is 2.92. The summed E-state index contributed by atoms with van der Waals surface area (Å²) >= 11 is 0. The van der Waals surface area contributed by atoms with Crippen LogP contribution in [0.25, 0.3) is 0 Å². The van der Waals surface area contributed by atoms with E-state index in [1.807, 2.05) is 33.8 Å². The van der Waals surface area contributed by atoms with Crippen LogP contribution in [-0.2, 0) is 9.47 Å². The molecule has 0 saturated carbocycles. The van der Waals surface area contributed by atoms with Crippen LogP contribution in [0, 0.1) is 13.8 Å². The Hall–Kier alpha value is -2.84.